The number of nitrogens with zero attached hydrogens (tertiary/aromatic N) is 1. The number of benzene rings is 2. The highest BCUT2D eigenvalue weighted by atomic mass is 16.5. The van der Waals surface area contributed by atoms with E-state index in [4.69, 9.17) is 19.9 Å². The summed E-state index contributed by atoms with van der Waals surface area (Å²) in [7, 11) is 3.20. The second-order valence-electron chi connectivity index (χ2n) is 11.9. The molecule has 0 spiro atoms. The fraction of sp³-hybridized carbons (Fsp3) is 0.500. The third kappa shape index (κ3) is 8.60. The molecule has 1 aliphatic heterocycles. The lowest BCUT2D eigenvalue weighted by Gasteiger charge is -2.32. The van der Waals surface area contributed by atoms with Gasteiger partial charge in [-0.25, -0.2) is 0 Å². The summed E-state index contributed by atoms with van der Waals surface area (Å²) in [6.07, 6.45) is 4.18. The van der Waals surface area contributed by atoms with Crippen LogP contribution in [0.3, 0.4) is 0 Å². The molecule has 0 bridgehead atoms. The van der Waals surface area contributed by atoms with E-state index in [2.05, 4.69) is 34.5 Å². The van der Waals surface area contributed by atoms with E-state index in [0.717, 1.165) is 55.6 Å². The van der Waals surface area contributed by atoms with E-state index in [1.165, 1.54) is 5.56 Å². The quantitative estimate of drug-likeness (QED) is 0.308. The number of allylic oxidation sites excluding steroid dienone is 1. The first-order chi connectivity index (χ1) is 20.7. The Bertz CT molecular complexity index is 1310. The van der Waals surface area contributed by atoms with Gasteiger partial charge in [0.2, 0.25) is 11.8 Å². The summed E-state index contributed by atoms with van der Waals surface area (Å²) in [6, 6.07) is 13.7. The number of carbonyl (C=O) groups is 3. The van der Waals surface area contributed by atoms with Crippen LogP contribution in [-0.2, 0) is 32.1 Å². The van der Waals surface area contributed by atoms with Crippen LogP contribution in [0, 0.1) is 11.8 Å². The van der Waals surface area contributed by atoms with E-state index >= 15 is 0 Å². The molecule has 1 aliphatic carbocycles. The number of carbonyl (C=O) groups excluding carboxylic acids is 3. The summed E-state index contributed by atoms with van der Waals surface area (Å²) in [5.41, 5.74) is 9.73. The molecule has 2 aromatic rings. The topological polar surface area (TPSA) is 120 Å². The molecule has 0 radical (unpaired) electrons. The van der Waals surface area contributed by atoms with Gasteiger partial charge in [-0.1, -0.05) is 44.2 Å². The molecule has 2 aliphatic rings. The number of amides is 2. The van der Waals surface area contributed by atoms with Crippen molar-refractivity contribution in [2.24, 2.45) is 17.6 Å². The van der Waals surface area contributed by atoms with Crippen molar-refractivity contribution in [1.29, 1.82) is 0 Å². The van der Waals surface area contributed by atoms with Crippen molar-refractivity contribution >= 4 is 23.5 Å². The van der Waals surface area contributed by atoms with E-state index in [1.807, 2.05) is 32.0 Å². The van der Waals surface area contributed by atoms with Crippen molar-refractivity contribution in [2.45, 2.75) is 71.4 Å². The number of likely N-dealkylation sites (tertiary alicyclic amines) is 1. The van der Waals surface area contributed by atoms with Crippen LogP contribution < -0.4 is 20.5 Å². The molecule has 1 saturated heterocycles. The highest BCUT2D eigenvalue weighted by Crippen LogP contribution is 2.43. The second kappa shape index (κ2) is 15.0. The fourth-order valence-corrected chi connectivity index (χ4v) is 5.98. The van der Waals surface area contributed by atoms with E-state index in [-0.39, 0.29) is 24.7 Å². The summed E-state index contributed by atoms with van der Waals surface area (Å²) in [5, 5.41) is 2.66. The molecule has 1 fully saturated rings. The van der Waals surface area contributed by atoms with E-state index in [9.17, 15) is 14.4 Å². The molecule has 3 N–H and O–H groups in total. The van der Waals surface area contributed by atoms with Gasteiger partial charge in [0.05, 0.1) is 14.2 Å². The third-order valence-corrected chi connectivity index (χ3v) is 8.36. The van der Waals surface area contributed by atoms with Gasteiger partial charge in [0, 0.05) is 24.9 Å². The molecule has 2 amide bonds. The second-order valence-corrected chi connectivity index (χ2v) is 11.9. The third-order valence-electron chi connectivity index (χ3n) is 8.36. The smallest absolute Gasteiger partial charge is 0.311 e. The summed E-state index contributed by atoms with van der Waals surface area (Å²) >= 11 is 0. The van der Waals surface area contributed by atoms with Crippen LogP contribution >= 0.6 is 0 Å². The van der Waals surface area contributed by atoms with Gasteiger partial charge in [-0.3, -0.25) is 19.3 Å². The zero-order valence-electron chi connectivity index (χ0n) is 25.8. The highest BCUT2D eigenvalue weighted by molar-refractivity contribution is 5.87. The van der Waals surface area contributed by atoms with Crippen molar-refractivity contribution in [1.82, 2.24) is 10.2 Å². The molecule has 0 unspecified atom stereocenters. The summed E-state index contributed by atoms with van der Waals surface area (Å²) < 4.78 is 17.1. The van der Waals surface area contributed by atoms with Gasteiger partial charge >= 0.3 is 5.97 Å². The maximum absolute atomic E-state index is 13.0. The number of rotatable bonds is 14. The number of esters is 1. The Kier molecular flexibility index (Phi) is 11.2. The number of nitrogens with one attached hydrogen (secondary N) is 1. The Labute approximate surface area is 254 Å². The van der Waals surface area contributed by atoms with Crippen molar-refractivity contribution < 1.29 is 28.6 Å². The molecule has 1 atom stereocenters. The molecule has 0 aromatic heterocycles. The molecule has 9 heteroatoms. The standard InChI is InChI=1S/C34H45N3O6/c1-22(2)32(34(35)40)36-30(38)11-8-12-31(39)43-33-26(18-25-19-28(41-3)29(42-4)20-27(25)33)17-23-13-15-37(16-14-23)21-24-9-6-5-7-10-24/h5-7,9-10,19-20,22-23,32H,8,11-18,21H2,1-4H3,(H2,35,40)(H,36,38)/t32-/m0/s1. The van der Waals surface area contributed by atoms with Gasteiger partial charge in [-0.05, 0) is 85.9 Å². The lowest BCUT2D eigenvalue weighted by molar-refractivity contribution is -0.137. The van der Waals surface area contributed by atoms with Gasteiger partial charge in [-0.15, -0.1) is 0 Å². The minimum Gasteiger partial charge on any atom is -0.493 e. The first-order valence-corrected chi connectivity index (χ1v) is 15.2. The van der Waals surface area contributed by atoms with Gasteiger partial charge in [0.15, 0.2) is 11.5 Å². The lowest BCUT2D eigenvalue weighted by atomic mass is 9.89. The van der Waals surface area contributed by atoms with Crippen LogP contribution in [0.1, 0.15) is 69.1 Å². The van der Waals surface area contributed by atoms with Crippen LogP contribution in [0.15, 0.2) is 48.0 Å². The fourth-order valence-electron chi connectivity index (χ4n) is 5.98. The first kappa shape index (κ1) is 32.1. The molecular formula is C34H45N3O6. The highest BCUT2D eigenvalue weighted by Gasteiger charge is 2.30. The number of primary amides is 1. The summed E-state index contributed by atoms with van der Waals surface area (Å²) in [5.74, 6) is 0.923. The molecule has 4 rings (SSSR count). The van der Waals surface area contributed by atoms with Crippen LogP contribution in [0.4, 0.5) is 0 Å². The zero-order valence-corrected chi connectivity index (χ0v) is 25.8. The van der Waals surface area contributed by atoms with Crippen LogP contribution in [0.25, 0.3) is 5.76 Å². The number of piperidine rings is 1. The Morgan fingerprint density at radius 1 is 1.00 bits per heavy atom. The maximum Gasteiger partial charge on any atom is 0.311 e. The van der Waals surface area contributed by atoms with Crippen LogP contribution in [-0.4, -0.2) is 56.0 Å². The van der Waals surface area contributed by atoms with E-state index in [1.54, 1.807) is 14.2 Å². The van der Waals surface area contributed by atoms with E-state index in [0.29, 0.717) is 36.0 Å². The molecule has 1 heterocycles. The van der Waals surface area contributed by atoms with Crippen molar-refractivity contribution in [3.63, 3.8) is 0 Å². The number of ether oxygens (including phenoxy) is 3. The average molecular weight is 592 g/mol. The van der Waals surface area contributed by atoms with Crippen LogP contribution in [0.2, 0.25) is 0 Å². The molecule has 9 nitrogen and oxygen atoms in total. The van der Waals surface area contributed by atoms with Gasteiger partial charge in [-0.2, -0.15) is 0 Å². The number of fused-ring (bicyclic) bond motifs is 1. The summed E-state index contributed by atoms with van der Waals surface area (Å²) in [6.45, 7) is 6.66. The first-order valence-electron chi connectivity index (χ1n) is 15.2. The predicted octanol–water partition coefficient (Wildman–Crippen LogP) is 4.61. The Balaban J connectivity index is 1.40. The van der Waals surface area contributed by atoms with Crippen molar-refractivity contribution in [3.8, 4) is 11.5 Å². The van der Waals surface area contributed by atoms with Crippen molar-refractivity contribution in [3.05, 3.63) is 64.7 Å². The molecule has 0 saturated carbocycles. The van der Waals surface area contributed by atoms with Gasteiger partial charge in [0.1, 0.15) is 11.8 Å². The predicted molar refractivity (Wildman–Crippen MR) is 165 cm³/mol. The largest absolute Gasteiger partial charge is 0.493 e. The Morgan fingerprint density at radius 2 is 1.67 bits per heavy atom. The number of nitrogens with two attached hydrogens (primary N) is 1. The number of methoxy groups -OCH3 is 2. The molecule has 2 aromatic carbocycles. The number of hydrogen-bond acceptors (Lipinski definition) is 7. The van der Waals surface area contributed by atoms with E-state index < -0.39 is 17.9 Å². The minimum absolute atomic E-state index is 0.0770. The Hall–Kier alpha value is -3.85. The zero-order chi connectivity index (χ0) is 30.9. The number of hydrogen-bond donors (Lipinski definition) is 2. The Morgan fingerprint density at radius 3 is 2.30 bits per heavy atom. The molecular weight excluding hydrogens is 546 g/mol. The normalized spacial score (nSPS) is 16.1. The SMILES string of the molecule is COc1cc2c(cc1OC)C(OC(=O)CCCC(=O)N[C@H](C(N)=O)C(C)C)=C(CC1CCN(Cc3ccccc3)CC1)C2. The minimum atomic E-state index is -0.737. The lowest BCUT2D eigenvalue weighted by Crippen LogP contribution is -2.47. The van der Waals surface area contributed by atoms with Gasteiger partial charge in [0.25, 0.3) is 0 Å². The molecule has 43 heavy (non-hydrogen) atoms. The summed E-state index contributed by atoms with van der Waals surface area (Å²) in [4.78, 5) is 39.5. The molecule has 232 valence electrons. The average Bonchev–Trinajstić information content (AvgIpc) is 3.31. The monoisotopic (exact) mass is 591 g/mol. The van der Waals surface area contributed by atoms with Crippen LogP contribution in [0.5, 0.6) is 11.5 Å². The van der Waals surface area contributed by atoms with Crippen molar-refractivity contribution in [2.75, 3.05) is 27.3 Å². The maximum atomic E-state index is 13.0. The van der Waals surface area contributed by atoms with Gasteiger partial charge < -0.3 is 25.3 Å².